The van der Waals surface area contributed by atoms with E-state index in [1.165, 1.54) is 12.8 Å². The number of anilines is 1. The van der Waals surface area contributed by atoms with Crippen molar-refractivity contribution in [2.45, 2.75) is 51.6 Å². The lowest BCUT2D eigenvalue weighted by Crippen LogP contribution is -2.49. The van der Waals surface area contributed by atoms with E-state index in [1.54, 1.807) is 12.1 Å². The first-order chi connectivity index (χ1) is 14.0. The average molecular weight is 399 g/mol. The Hall–Kier alpha value is -2.55. The molecule has 1 saturated carbocycles. The zero-order valence-electron chi connectivity index (χ0n) is 17.1. The van der Waals surface area contributed by atoms with Gasteiger partial charge in [0.05, 0.1) is 17.0 Å². The van der Waals surface area contributed by atoms with Gasteiger partial charge in [-0.25, -0.2) is 4.68 Å². The van der Waals surface area contributed by atoms with Crippen LogP contribution in [0.25, 0.3) is 0 Å². The second-order valence-electron chi connectivity index (χ2n) is 8.41. The normalized spacial score (nSPS) is 19.8. The maximum absolute atomic E-state index is 10.9. The molecule has 2 heterocycles. The maximum atomic E-state index is 10.9. The van der Waals surface area contributed by atoms with Gasteiger partial charge in [0, 0.05) is 44.0 Å². The fourth-order valence-corrected chi connectivity index (χ4v) is 4.73. The topological polar surface area (TPSA) is 93.2 Å². The van der Waals surface area contributed by atoms with Crippen LogP contribution in [0, 0.1) is 16.0 Å². The first-order valence-electron chi connectivity index (χ1n) is 10.6. The SMILES string of the molecule is CC(C)C(c1nnnn1C1CCCC1)N1CCN(c2ccc([N+](=O)[O-])cc2)CC1. The standard InChI is InChI=1S/C20H29N7O2/c1-15(2)19(20-21-22-23-26(20)17-5-3-4-6-17)25-13-11-24(12-14-25)16-7-9-18(10-8-16)27(28)29/h7-10,15,17,19H,3-6,11-14H2,1-2H3. The van der Waals surface area contributed by atoms with E-state index >= 15 is 0 Å². The highest BCUT2D eigenvalue weighted by Crippen LogP contribution is 2.34. The number of aromatic nitrogens is 4. The number of hydrogen-bond acceptors (Lipinski definition) is 7. The molecule has 9 nitrogen and oxygen atoms in total. The lowest BCUT2D eigenvalue weighted by molar-refractivity contribution is -0.384. The Balaban J connectivity index is 1.46. The summed E-state index contributed by atoms with van der Waals surface area (Å²) in [4.78, 5) is 15.3. The van der Waals surface area contributed by atoms with Crippen molar-refractivity contribution in [3.05, 3.63) is 40.2 Å². The molecule has 156 valence electrons. The van der Waals surface area contributed by atoms with E-state index in [0.717, 1.165) is 50.5 Å². The summed E-state index contributed by atoms with van der Waals surface area (Å²) in [5.74, 6) is 1.41. The van der Waals surface area contributed by atoms with E-state index in [4.69, 9.17) is 0 Å². The Morgan fingerprint density at radius 2 is 1.72 bits per heavy atom. The van der Waals surface area contributed by atoms with Gasteiger partial charge in [0.2, 0.25) is 0 Å². The molecule has 1 aliphatic carbocycles. The van der Waals surface area contributed by atoms with Crippen molar-refractivity contribution in [3.63, 3.8) is 0 Å². The third kappa shape index (κ3) is 4.10. The van der Waals surface area contributed by atoms with Crippen molar-refractivity contribution >= 4 is 11.4 Å². The van der Waals surface area contributed by atoms with Gasteiger partial charge in [-0.1, -0.05) is 26.7 Å². The third-order valence-corrected chi connectivity index (χ3v) is 6.22. The molecule has 0 bridgehead atoms. The molecule has 2 aliphatic rings. The van der Waals surface area contributed by atoms with Crippen LogP contribution >= 0.6 is 0 Å². The molecule has 1 atom stereocenters. The molecule has 1 aromatic heterocycles. The summed E-state index contributed by atoms with van der Waals surface area (Å²) in [6.07, 6.45) is 4.84. The zero-order valence-corrected chi connectivity index (χ0v) is 17.1. The molecule has 1 aromatic carbocycles. The molecule has 1 aliphatic heterocycles. The lowest BCUT2D eigenvalue weighted by atomic mass is 10.00. The van der Waals surface area contributed by atoms with Crippen molar-refractivity contribution in [2.24, 2.45) is 5.92 Å². The fourth-order valence-electron chi connectivity index (χ4n) is 4.73. The van der Waals surface area contributed by atoms with Gasteiger partial charge in [-0.3, -0.25) is 15.0 Å². The predicted molar refractivity (Wildman–Crippen MR) is 110 cm³/mol. The van der Waals surface area contributed by atoms with Crippen LogP contribution in [0.5, 0.6) is 0 Å². The fraction of sp³-hybridized carbons (Fsp3) is 0.650. The molecule has 9 heteroatoms. The van der Waals surface area contributed by atoms with Crippen molar-refractivity contribution in [1.29, 1.82) is 0 Å². The number of nitrogens with zero attached hydrogens (tertiary/aromatic N) is 7. The first-order valence-corrected chi connectivity index (χ1v) is 10.6. The molecule has 1 unspecified atom stereocenters. The highest BCUT2D eigenvalue weighted by Gasteiger charge is 2.33. The van der Waals surface area contributed by atoms with Crippen LogP contribution < -0.4 is 4.90 Å². The van der Waals surface area contributed by atoms with Crippen LogP contribution in [-0.2, 0) is 0 Å². The molecule has 1 saturated heterocycles. The molecular formula is C20H29N7O2. The predicted octanol–water partition coefficient (Wildman–Crippen LogP) is 3.22. The minimum Gasteiger partial charge on any atom is -0.369 e. The van der Waals surface area contributed by atoms with Crippen molar-refractivity contribution in [3.8, 4) is 0 Å². The van der Waals surface area contributed by atoms with Gasteiger partial charge < -0.3 is 4.90 Å². The summed E-state index contributed by atoms with van der Waals surface area (Å²) in [7, 11) is 0. The third-order valence-electron chi connectivity index (χ3n) is 6.22. The van der Waals surface area contributed by atoms with Crippen LogP contribution in [0.15, 0.2) is 24.3 Å². The second kappa shape index (κ2) is 8.44. The Bertz CT molecular complexity index is 822. The smallest absolute Gasteiger partial charge is 0.269 e. The van der Waals surface area contributed by atoms with Crippen LogP contribution in [0.2, 0.25) is 0 Å². The van der Waals surface area contributed by atoms with E-state index in [-0.39, 0.29) is 16.7 Å². The quantitative estimate of drug-likeness (QED) is 0.544. The molecule has 0 amide bonds. The average Bonchev–Trinajstić information content (AvgIpc) is 3.40. The Morgan fingerprint density at radius 3 is 2.31 bits per heavy atom. The van der Waals surface area contributed by atoms with Crippen LogP contribution in [-0.4, -0.2) is 56.2 Å². The number of nitro groups is 1. The van der Waals surface area contributed by atoms with Gasteiger partial charge in [0.15, 0.2) is 5.82 Å². The lowest BCUT2D eigenvalue weighted by Gasteiger charge is -2.41. The molecule has 0 radical (unpaired) electrons. The van der Waals surface area contributed by atoms with Gasteiger partial charge in [-0.15, -0.1) is 5.10 Å². The molecule has 0 spiro atoms. The number of tetrazole rings is 1. The summed E-state index contributed by atoms with van der Waals surface area (Å²) < 4.78 is 2.08. The van der Waals surface area contributed by atoms with Gasteiger partial charge >= 0.3 is 0 Å². The number of benzene rings is 1. The van der Waals surface area contributed by atoms with E-state index in [2.05, 4.69) is 43.9 Å². The summed E-state index contributed by atoms with van der Waals surface area (Å²) in [6, 6.07) is 7.47. The van der Waals surface area contributed by atoms with Crippen molar-refractivity contribution < 1.29 is 4.92 Å². The van der Waals surface area contributed by atoms with Crippen LogP contribution in [0.4, 0.5) is 11.4 Å². The van der Waals surface area contributed by atoms with Gasteiger partial charge in [0.1, 0.15) is 0 Å². The number of non-ortho nitro benzene ring substituents is 1. The van der Waals surface area contributed by atoms with E-state index in [0.29, 0.717) is 12.0 Å². The monoisotopic (exact) mass is 399 g/mol. The highest BCUT2D eigenvalue weighted by atomic mass is 16.6. The highest BCUT2D eigenvalue weighted by molar-refractivity contribution is 5.51. The van der Waals surface area contributed by atoms with Crippen LogP contribution in [0.1, 0.15) is 57.4 Å². The van der Waals surface area contributed by atoms with Gasteiger partial charge in [0.25, 0.3) is 5.69 Å². The minimum atomic E-state index is -0.358. The second-order valence-corrected chi connectivity index (χ2v) is 8.41. The largest absolute Gasteiger partial charge is 0.369 e. The maximum Gasteiger partial charge on any atom is 0.269 e. The van der Waals surface area contributed by atoms with Crippen molar-refractivity contribution in [1.82, 2.24) is 25.1 Å². The summed E-state index contributed by atoms with van der Waals surface area (Å²) in [5, 5.41) is 23.7. The summed E-state index contributed by atoms with van der Waals surface area (Å²) in [6.45, 7) is 8.06. The Morgan fingerprint density at radius 1 is 1.07 bits per heavy atom. The summed E-state index contributed by atoms with van der Waals surface area (Å²) >= 11 is 0. The number of piperazine rings is 1. The number of rotatable bonds is 6. The number of hydrogen-bond donors (Lipinski definition) is 0. The minimum absolute atomic E-state index is 0.131. The van der Waals surface area contributed by atoms with Gasteiger partial charge in [-0.2, -0.15) is 0 Å². The van der Waals surface area contributed by atoms with Gasteiger partial charge in [-0.05, 0) is 41.3 Å². The molecule has 2 fully saturated rings. The molecule has 2 aromatic rings. The van der Waals surface area contributed by atoms with E-state index in [1.807, 2.05) is 12.1 Å². The molecule has 29 heavy (non-hydrogen) atoms. The Labute approximate surface area is 170 Å². The Kier molecular flexibility index (Phi) is 5.75. The van der Waals surface area contributed by atoms with E-state index < -0.39 is 0 Å². The summed E-state index contributed by atoms with van der Waals surface area (Å²) in [5.41, 5.74) is 1.16. The first kappa shape index (κ1) is 19.8. The molecule has 0 N–H and O–H groups in total. The molecule has 4 rings (SSSR count). The van der Waals surface area contributed by atoms with E-state index in [9.17, 15) is 10.1 Å². The zero-order chi connectivity index (χ0) is 20.4. The number of nitro benzene ring substituents is 1. The van der Waals surface area contributed by atoms with Crippen molar-refractivity contribution in [2.75, 3.05) is 31.1 Å². The molecular weight excluding hydrogens is 370 g/mol. The van der Waals surface area contributed by atoms with Crippen LogP contribution in [0.3, 0.4) is 0 Å².